The lowest BCUT2D eigenvalue weighted by molar-refractivity contribution is -0.385. The van der Waals surface area contributed by atoms with Crippen molar-refractivity contribution in [2.24, 2.45) is 5.92 Å². The third-order valence-corrected chi connectivity index (χ3v) is 3.70. The maximum absolute atomic E-state index is 10.9. The molecular weight excluding hydrogens is 192 g/mol. The molecule has 1 aliphatic carbocycles. The van der Waals surface area contributed by atoms with E-state index in [9.17, 15) is 10.1 Å². The van der Waals surface area contributed by atoms with Crippen molar-refractivity contribution in [3.05, 3.63) is 39.9 Å². The standard InChI is InChI=1S/C11H12N2O2/c14-13(15)10-4-2-1-3-9(10)11-5-8(11)6-12-7-11/h1-4,8,12H,5-7H2. The molecule has 0 bridgehead atoms. The molecule has 1 saturated heterocycles. The SMILES string of the molecule is O=[N+]([O-])c1ccccc1C12CNCC1C2. The van der Waals surface area contributed by atoms with Crippen molar-refractivity contribution in [3.8, 4) is 0 Å². The number of fused-ring (bicyclic) bond motifs is 1. The molecule has 3 rings (SSSR count). The summed E-state index contributed by atoms with van der Waals surface area (Å²) in [4.78, 5) is 10.7. The number of rotatable bonds is 2. The second kappa shape index (κ2) is 2.79. The zero-order chi connectivity index (χ0) is 10.5. The predicted molar refractivity (Wildman–Crippen MR) is 55.8 cm³/mol. The first-order valence-corrected chi connectivity index (χ1v) is 5.19. The van der Waals surface area contributed by atoms with Crippen LogP contribution in [0.3, 0.4) is 0 Å². The van der Waals surface area contributed by atoms with E-state index in [1.54, 1.807) is 12.1 Å². The molecular formula is C11H12N2O2. The summed E-state index contributed by atoms with van der Waals surface area (Å²) in [6.07, 6.45) is 1.10. The Kier molecular flexibility index (Phi) is 1.65. The van der Waals surface area contributed by atoms with E-state index in [1.807, 2.05) is 12.1 Å². The number of para-hydroxylation sites is 1. The van der Waals surface area contributed by atoms with E-state index < -0.39 is 0 Å². The highest BCUT2D eigenvalue weighted by Crippen LogP contribution is 2.58. The monoisotopic (exact) mass is 204 g/mol. The first kappa shape index (κ1) is 8.85. The summed E-state index contributed by atoms with van der Waals surface area (Å²) in [6.45, 7) is 1.90. The van der Waals surface area contributed by atoms with Gasteiger partial charge in [-0.15, -0.1) is 0 Å². The lowest BCUT2D eigenvalue weighted by Gasteiger charge is -2.11. The Balaban J connectivity index is 2.08. The molecule has 2 fully saturated rings. The number of nitro groups is 1. The maximum atomic E-state index is 10.9. The highest BCUT2D eigenvalue weighted by molar-refractivity contribution is 5.50. The average molecular weight is 204 g/mol. The number of nitrogens with zero attached hydrogens (tertiary/aromatic N) is 1. The van der Waals surface area contributed by atoms with Crippen LogP contribution in [0.4, 0.5) is 5.69 Å². The van der Waals surface area contributed by atoms with E-state index in [4.69, 9.17) is 0 Å². The minimum atomic E-state index is -0.266. The van der Waals surface area contributed by atoms with Crippen molar-refractivity contribution in [1.82, 2.24) is 5.32 Å². The largest absolute Gasteiger partial charge is 0.316 e. The smallest absolute Gasteiger partial charge is 0.273 e. The van der Waals surface area contributed by atoms with Crippen LogP contribution in [0, 0.1) is 16.0 Å². The highest BCUT2D eigenvalue weighted by Gasteiger charge is 2.60. The number of nitrogens with one attached hydrogen (secondary N) is 1. The molecule has 2 unspecified atom stereocenters. The van der Waals surface area contributed by atoms with Gasteiger partial charge in [-0.1, -0.05) is 18.2 Å². The third-order valence-electron chi connectivity index (χ3n) is 3.70. The predicted octanol–water partition coefficient (Wildman–Crippen LogP) is 1.46. The van der Waals surface area contributed by atoms with Gasteiger partial charge < -0.3 is 5.32 Å². The molecule has 1 saturated carbocycles. The normalized spacial score (nSPS) is 32.4. The van der Waals surface area contributed by atoms with Crippen molar-refractivity contribution in [1.29, 1.82) is 0 Å². The van der Waals surface area contributed by atoms with Gasteiger partial charge in [0.2, 0.25) is 0 Å². The van der Waals surface area contributed by atoms with Gasteiger partial charge in [0, 0.05) is 23.6 Å². The summed E-state index contributed by atoms with van der Waals surface area (Å²) in [6, 6.07) is 7.14. The second-order valence-corrected chi connectivity index (χ2v) is 4.46. The minimum absolute atomic E-state index is 0.0731. The number of benzene rings is 1. The van der Waals surface area contributed by atoms with E-state index in [0.717, 1.165) is 25.1 Å². The lowest BCUT2D eigenvalue weighted by atomic mass is 9.93. The first-order valence-electron chi connectivity index (χ1n) is 5.19. The van der Waals surface area contributed by atoms with Crippen molar-refractivity contribution in [2.75, 3.05) is 13.1 Å². The fourth-order valence-electron chi connectivity index (χ4n) is 2.81. The van der Waals surface area contributed by atoms with Crippen LogP contribution >= 0.6 is 0 Å². The molecule has 1 heterocycles. The molecule has 2 atom stereocenters. The summed E-state index contributed by atoms with van der Waals surface area (Å²) in [7, 11) is 0. The van der Waals surface area contributed by atoms with Crippen molar-refractivity contribution in [2.45, 2.75) is 11.8 Å². The molecule has 1 aliphatic heterocycles. The van der Waals surface area contributed by atoms with Crippen molar-refractivity contribution < 1.29 is 4.92 Å². The van der Waals surface area contributed by atoms with Crippen LogP contribution in [0.2, 0.25) is 0 Å². The Morgan fingerprint density at radius 1 is 1.47 bits per heavy atom. The van der Waals surface area contributed by atoms with Crippen LogP contribution in [-0.2, 0) is 5.41 Å². The molecule has 1 N–H and O–H groups in total. The molecule has 1 aromatic rings. The molecule has 78 valence electrons. The van der Waals surface area contributed by atoms with Gasteiger partial charge in [-0.2, -0.15) is 0 Å². The maximum Gasteiger partial charge on any atom is 0.273 e. The van der Waals surface area contributed by atoms with Crippen LogP contribution in [0.1, 0.15) is 12.0 Å². The van der Waals surface area contributed by atoms with Crippen molar-refractivity contribution >= 4 is 5.69 Å². The van der Waals surface area contributed by atoms with E-state index in [-0.39, 0.29) is 16.0 Å². The van der Waals surface area contributed by atoms with Gasteiger partial charge in [0.1, 0.15) is 0 Å². The molecule has 4 heteroatoms. The second-order valence-electron chi connectivity index (χ2n) is 4.46. The first-order chi connectivity index (χ1) is 7.24. The van der Waals surface area contributed by atoms with Crippen LogP contribution in [0.5, 0.6) is 0 Å². The van der Waals surface area contributed by atoms with Crippen molar-refractivity contribution in [3.63, 3.8) is 0 Å². The summed E-state index contributed by atoms with van der Waals surface area (Å²) < 4.78 is 0. The quantitative estimate of drug-likeness (QED) is 0.586. The Bertz CT molecular complexity index is 432. The van der Waals surface area contributed by atoms with E-state index in [0.29, 0.717) is 5.92 Å². The fraction of sp³-hybridized carbons (Fsp3) is 0.455. The van der Waals surface area contributed by atoms with Gasteiger partial charge >= 0.3 is 0 Å². The zero-order valence-electron chi connectivity index (χ0n) is 8.27. The molecule has 0 amide bonds. The Labute approximate surface area is 87.4 Å². The lowest BCUT2D eigenvalue weighted by Crippen LogP contribution is -2.20. The molecule has 15 heavy (non-hydrogen) atoms. The van der Waals surface area contributed by atoms with E-state index in [2.05, 4.69) is 5.32 Å². The third kappa shape index (κ3) is 1.11. The molecule has 2 aliphatic rings. The summed E-state index contributed by atoms with van der Waals surface area (Å²) in [5, 5.41) is 14.2. The molecule has 0 spiro atoms. The number of nitro benzene ring substituents is 1. The number of hydrogen-bond donors (Lipinski definition) is 1. The summed E-state index contributed by atoms with van der Waals surface area (Å²) >= 11 is 0. The Morgan fingerprint density at radius 3 is 2.87 bits per heavy atom. The number of hydrogen-bond acceptors (Lipinski definition) is 3. The molecule has 0 radical (unpaired) electrons. The van der Waals surface area contributed by atoms with Gasteiger partial charge in [-0.05, 0) is 18.9 Å². The van der Waals surface area contributed by atoms with Gasteiger partial charge in [0.15, 0.2) is 0 Å². The molecule has 0 aromatic heterocycles. The Hall–Kier alpha value is -1.42. The summed E-state index contributed by atoms with van der Waals surface area (Å²) in [5.74, 6) is 0.610. The van der Waals surface area contributed by atoms with Crippen LogP contribution in [0.25, 0.3) is 0 Å². The van der Waals surface area contributed by atoms with Gasteiger partial charge in [-0.3, -0.25) is 10.1 Å². The highest BCUT2D eigenvalue weighted by atomic mass is 16.6. The molecule has 4 nitrogen and oxygen atoms in total. The Morgan fingerprint density at radius 2 is 2.27 bits per heavy atom. The summed E-state index contributed by atoms with van der Waals surface area (Å²) in [5.41, 5.74) is 1.28. The zero-order valence-corrected chi connectivity index (χ0v) is 8.27. The van der Waals surface area contributed by atoms with Gasteiger partial charge in [0.05, 0.1) is 4.92 Å². The average Bonchev–Trinajstić information content (AvgIpc) is 2.82. The van der Waals surface area contributed by atoms with Crippen LogP contribution < -0.4 is 5.32 Å². The fourth-order valence-corrected chi connectivity index (χ4v) is 2.81. The number of piperidine rings is 1. The van der Waals surface area contributed by atoms with Gasteiger partial charge in [0.25, 0.3) is 5.69 Å². The van der Waals surface area contributed by atoms with E-state index in [1.165, 1.54) is 0 Å². The van der Waals surface area contributed by atoms with Crippen LogP contribution in [-0.4, -0.2) is 18.0 Å². The molecule has 1 aromatic carbocycles. The van der Waals surface area contributed by atoms with Crippen LogP contribution in [0.15, 0.2) is 24.3 Å². The van der Waals surface area contributed by atoms with E-state index >= 15 is 0 Å². The topological polar surface area (TPSA) is 55.2 Å². The van der Waals surface area contributed by atoms with Gasteiger partial charge in [-0.25, -0.2) is 0 Å². The minimum Gasteiger partial charge on any atom is -0.316 e.